The summed E-state index contributed by atoms with van der Waals surface area (Å²) in [4.78, 5) is 0. The zero-order valence-corrected chi connectivity index (χ0v) is 13.9. The van der Waals surface area contributed by atoms with E-state index in [9.17, 15) is 0 Å². The van der Waals surface area contributed by atoms with Crippen LogP contribution >= 0.6 is 0 Å². The van der Waals surface area contributed by atoms with Crippen LogP contribution in [0.4, 0.5) is 0 Å². The fraction of sp³-hybridized carbons (Fsp3) is 0.947. The second-order valence-corrected chi connectivity index (χ2v) is 6.27. The van der Waals surface area contributed by atoms with Gasteiger partial charge in [0, 0.05) is 0 Å². The molecule has 0 amide bonds. The van der Waals surface area contributed by atoms with Crippen LogP contribution in [0.15, 0.2) is 0 Å². The highest BCUT2D eigenvalue weighted by Crippen LogP contribution is 2.23. The summed E-state index contributed by atoms with van der Waals surface area (Å²) in [6.07, 6.45) is 21.2. The molecule has 0 aliphatic heterocycles. The van der Waals surface area contributed by atoms with Crippen LogP contribution < -0.4 is 0 Å². The molecule has 0 heterocycles. The summed E-state index contributed by atoms with van der Waals surface area (Å²) in [5.41, 5.74) is 0. The van der Waals surface area contributed by atoms with Crippen molar-refractivity contribution < 1.29 is 0 Å². The van der Waals surface area contributed by atoms with Crippen molar-refractivity contribution in [1.29, 1.82) is 0 Å². The van der Waals surface area contributed by atoms with Gasteiger partial charge < -0.3 is 0 Å². The van der Waals surface area contributed by atoms with Gasteiger partial charge in [0.2, 0.25) is 0 Å². The molecule has 0 aromatic carbocycles. The molecule has 0 aliphatic carbocycles. The van der Waals surface area contributed by atoms with E-state index in [1.54, 1.807) is 0 Å². The van der Waals surface area contributed by atoms with Gasteiger partial charge in [-0.2, -0.15) is 0 Å². The molecule has 19 heavy (non-hydrogen) atoms. The van der Waals surface area contributed by atoms with Crippen molar-refractivity contribution in [3.8, 4) is 0 Å². The van der Waals surface area contributed by atoms with Gasteiger partial charge in [0.15, 0.2) is 0 Å². The van der Waals surface area contributed by atoms with Crippen molar-refractivity contribution in [2.24, 2.45) is 5.92 Å². The SMILES string of the molecule is [CH2]CCCCC(CCCCC)CCCCCCCC. The zero-order chi connectivity index (χ0) is 14.2. The molecule has 0 nitrogen and oxygen atoms in total. The van der Waals surface area contributed by atoms with E-state index in [4.69, 9.17) is 0 Å². The van der Waals surface area contributed by atoms with Gasteiger partial charge in [-0.3, -0.25) is 0 Å². The minimum absolute atomic E-state index is 1.02. The van der Waals surface area contributed by atoms with Crippen molar-refractivity contribution in [3.63, 3.8) is 0 Å². The Bertz CT molecular complexity index is 140. The fourth-order valence-corrected chi connectivity index (χ4v) is 2.94. The normalized spacial score (nSPS) is 11.4. The number of rotatable bonds is 15. The molecule has 0 rings (SSSR count). The maximum Gasteiger partial charge on any atom is -0.0414 e. The molecule has 0 N–H and O–H groups in total. The topological polar surface area (TPSA) is 0 Å². The summed E-state index contributed by atoms with van der Waals surface area (Å²) in [5.74, 6) is 1.02. The third-order valence-corrected chi connectivity index (χ3v) is 4.29. The molecule has 1 unspecified atom stereocenters. The first kappa shape index (κ1) is 19.0. The summed E-state index contributed by atoms with van der Waals surface area (Å²) in [6.45, 7) is 8.57. The van der Waals surface area contributed by atoms with E-state index in [-0.39, 0.29) is 0 Å². The summed E-state index contributed by atoms with van der Waals surface area (Å²) in [7, 11) is 0. The monoisotopic (exact) mass is 267 g/mol. The maximum atomic E-state index is 3.96. The quantitative estimate of drug-likeness (QED) is 0.272. The lowest BCUT2D eigenvalue weighted by Crippen LogP contribution is -2.01. The van der Waals surface area contributed by atoms with E-state index < -0.39 is 0 Å². The Morgan fingerprint density at radius 3 is 1.58 bits per heavy atom. The predicted molar refractivity (Wildman–Crippen MR) is 89.5 cm³/mol. The van der Waals surface area contributed by atoms with Crippen LogP contribution in [0.3, 0.4) is 0 Å². The molecule has 0 aromatic rings. The smallest absolute Gasteiger partial charge is 0.0414 e. The van der Waals surface area contributed by atoms with Crippen LogP contribution in [0.5, 0.6) is 0 Å². The first-order valence-corrected chi connectivity index (χ1v) is 9.14. The summed E-state index contributed by atoms with van der Waals surface area (Å²) in [5, 5.41) is 0. The molecule has 0 saturated carbocycles. The molecular formula is C19H39. The molecule has 115 valence electrons. The fourth-order valence-electron chi connectivity index (χ4n) is 2.94. The minimum atomic E-state index is 1.02. The highest BCUT2D eigenvalue weighted by Gasteiger charge is 2.08. The molecule has 0 fully saturated rings. The Morgan fingerprint density at radius 2 is 1.00 bits per heavy atom. The van der Waals surface area contributed by atoms with Crippen LogP contribution in [0.25, 0.3) is 0 Å². The van der Waals surface area contributed by atoms with Gasteiger partial charge in [0.05, 0.1) is 0 Å². The van der Waals surface area contributed by atoms with Crippen LogP contribution in [0.1, 0.15) is 110 Å². The van der Waals surface area contributed by atoms with Crippen LogP contribution in [0, 0.1) is 12.8 Å². The maximum absolute atomic E-state index is 3.96. The Kier molecular flexibility index (Phi) is 16.1. The number of hydrogen-bond acceptors (Lipinski definition) is 0. The lowest BCUT2D eigenvalue weighted by atomic mass is 9.90. The Morgan fingerprint density at radius 1 is 0.579 bits per heavy atom. The van der Waals surface area contributed by atoms with Crippen molar-refractivity contribution in [2.45, 2.75) is 110 Å². The van der Waals surface area contributed by atoms with Gasteiger partial charge in [-0.15, -0.1) is 0 Å². The average Bonchev–Trinajstić information content (AvgIpc) is 2.42. The Hall–Kier alpha value is 0. The predicted octanol–water partition coefficient (Wildman–Crippen LogP) is 7.33. The third kappa shape index (κ3) is 14.2. The van der Waals surface area contributed by atoms with Gasteiger partial charge in [0.1, 0.15) is 0 Å². The second-order valence-electron chi connectivity index (χ2n) is 6.27. The van der Waals surface area contributed by atoms with Gasteiger partial charge in [-0.25, -0.2) is 0 Å². The summed E-state index contributed by atoms with van der Waals surface area (Å²) >= 11 is 0. The standard InChI is InChI=1S/C19H39/c1-4-7-10-11-12-15-18-19(16-13-8-5-2)17-14-9-6-3/h19H,2,4-18H2,1,3H3. The molecular weight excluding hydrogens is 228 g/mol. The average molecular weight is 268 g/mol. The number of unbranched alkanes of at least 4 members (excludes halogenated alkanes) is 9. The van der Waals surface area contributed by atoms with Crippen molar-refractivity contribution >= 4 is 0 Å². The van der Waals surface area contributed by atoms with Gasteiger partial charge in [0.25, 0.3) is 0 Å². The highest BCUT2D eigenvalue weighted by molar-refractivity contribution is 4.61. The molecule has 0 aromatic heterocycles. The first-order valence-electron chi connectivity index (χ1n) is 9.14. The second kappa shape index (κ2) is 16.1. The van der Waals surface area contributed by atoms with Gasteiger partial charge >= 0.3 is 0 Å². The van der Waals surface area contributed by atoms with E-state index in [1.165, 1.54) is 89.9 Å². The largest absolute Gasteiger partial charge is 0.0654 e. The zero-order valence-electron chi connectivity index (χ0n) is 13.9. The van der Waals surface area contributed by atoms with Gasteiger partial charge in [-0.05, 0) is 5.92 Å². The third-order valence-electron chi connectivity index (χ3n) is 4.29. The van der Waals surface area contributed by atoms with Crippen molar-refractivity contribution in [3.05, 3.63) is 6.92 Å². The molecule has 0 saturated heterocycles. The molecule has 1 atom stereocenters. The van der Waals surface area contributed by atoms with E-state index >= 15 is 0 Å². The molecule has 0 aliphatic rings. The lowest BCUT2D eigenvalue weighted by Gasteiger charge is -2.16. The van der Waals surface area contributed by atoms with Crippen molar-refractivity contribution in [1.82, 2.24) is 0 Å². The summed E-state index contributed by atoms with van der Waals surface area (Å²) in [6, 6.07) is 0. The van der Waals surface area contributed by atoms with E-state index in [0.29, 0.717) is 0 Å². The lowest BCUT2D eigenvalue weighted by molar-refractivity contribution is 0.371. The van der Waals surface area contributed by atoms with Crippen LogP contribution in [-0.2, 0) is 0 Å². The number of hydrogen-bond donors (Lipinski definition) is 0. The molecule has 0 heteroatoms. The van der Waals surface area contributed by atoms with Crippen LogP contribution in [-0.4, -0.2) is 0 Å². The minimum Gasteiger partial charge on any atom is -0.0654 e. The highest BCUT2D eigenvalue weighted by atomic mass is 14.1. The Labute approximate surface area is 123 Å². The van der Waals surface area contributed by atoms with Crippen molar-refractivity contribution in [2.75, 3.05) is 0 Å². The first-order chi connectivity index (χ1) is 9.35. The van der Waals surface area contributed by atoms with Gasteiger partial charge in [-0.1, -0.05) is 117 Å². The van der Waals surface area contributed by atoms with E-state index in [2.05, 4.69) is 20.8 Å². The van der Waals surface area contributed by atoms with Crippen LogP contribution in [0.2, 0.25) is 0 Å². The molecule has 1 radical (unpaired) electrons. The Balaban J connectivity index is 3.58. The van der Waals surface area contributed by atoms with E-state index in [1.807, 2.05) is 0 Å². The molecule has 0 spiro atoms. The summed E-state index contributed by atoms with van der Waals surface area (Å²) < 4.78 is 0. The molecule has 0 bridgehead atoms. The van der Waals surface area contributed by atoms with E-state index in [0.717, 1.165) is 12.3 Å².